The van der Waals surface area contributed by atoms with Gasteiger partial charge in [0.15, 0.2) is 11.5 Å². The van der Waals surface area contributed by atoms with E-state index >= 15 is 0 Å². The van der Waals surface area contributed by atoms with Gasteiger partial charge in [0.1, 0.15) is 17.3 Å². The summed E-state index contributed by atoms with van der Waals surface area (Å²) in [6.07, 6.45) is 0. The van der Waals surface area contributed by atoms with E-state index in [1.165, 1.54) is 4.90 Å². The van der Waals surface area contributed by atoms with Crippen molar-refractivity contribution < 1.29 is 33.6 Å². The van der Waals surface area contributed by atoms with Crippen molar-refractivity contribution >= 4 is 29.1 Å². The van der Waals surface area contributed by atoms with Crippen LogP contribution < -0.4 is 18.9 Å². The van der Waals surface area contributed by atoms with Gasteiger partial charge in [-0.2, -0.15) is 0 Å². The molecule has 1 fully saturated rings. The van der Waals surface area contributed by atoms with Gasteiger partial charge in [-0.15, -0.1) is 0 Å². The van der Waals surface area contributed by atoms with E-state index in [9.17, 15) is 14.7 Å². The average molecular weight is 522 g/mol. The highest BCUT2D eigenvalue weighted by atomic mass is 35.5. The Morgan fingerprint density at radius 3 is 2.54 bits per heavy atom. The van der Waals surface area contributed by atoms with Gasteiger partial charge in [0.2, 0.25) is 6.79 Å². The molecule has 0 saturated carbocycles. The Labute approximate surface area is 218 Å². The summed E-state index contributed by atoms with van der Waals surface area (Å²) >= 11 is 6.22. The van der Waals surface area contributed by atoms with Crippen LogP contribution in [-0.2, 0) is 16.1 Å². The van der Waals surface area contributed by atoms with E-state index in [1.54, 1.807) is 61.7 Å². The molecule has 190 valence electrons. The number of amides is 1. The Morgan fingerprint density at radius 1 is 1.05 bits per heavy atom. The number of nitrogens with zero attached hydrogens (tertiary/aromatic N) is 1. The molecule has 0 aliphatic carbocycles. The normalized spacial score (nSPS) is 17.8. The third-order valence-corrected chi connectivity index (χ3v) is 6.58. The number of likely N-dealkylation sites (tertiary alicyclic amines) is 1. The summed E-state index contributed by atoms with van der Waals surface area (Å²) in [5.41, 5.74) is 1.67. The lowest BCUT2D eigenvalue weighted by Gasteiger charge is -2.25. The van der Waals surface area contributed by atoms with Crippen LogP contribution in [0.4, 0.5) is 0 Å². The van der Waals surface area contributed by atoms with Gasteiger partial charge < -0.3 is 29.0 Å². The summed E-state index contributed by atoms with van der Waals surface area (Å²) < 4.78 is 21.7. The first-order valence-electron chi connectivity index (χ1n) is 11.6. The molecule has 9 heteroatoms. The van der Waals surface area contributed by atoms with Crippen LogP contribution in [0.1, 0.15) is 29.7 Å². The zero-order valence-corrected chi connectivity index (χ0v) is 20.9. The highest BCUT2D eigenvalue weighted by Gasteiger charge is 2.46. The lowest BCUT2D eigenvalue weighted by atomic mass is 9.95. The second-order valence-electron chi connectivity index (χ2n) is 8.47. The van der Waals surface area contributed by atoms with Crippen molar-refractivity contribution in [2.75, 3.05) is 20.5 Å². The standard InChI is InChI=1S/C28H24ClNO7/c1-3-35-22-13-18(7-10-20(22)29)26(31)24-25(17-5-8-19(34-2)9-6-17)30(28(33)27(24)32)14-16-4-11-21-23(12-16)37-15-36-21/h4-13,25,31H,3,14-15H2,1-2H3/b26-24+. The van der Waals surface area contributed by atoms with E-state index in [0.29, 0.717) is 45.8 Å². The minimum atomic E-state index is -0.845. The topological polar surface area (TPSA) is 94.5 Å². The van der Waals surface area contributed by atoms with Crippen LogP contribution in [0.15, 0.2) is 66.2 Å². The third kappa shape index (κ3) is 4.56. The zero-order chi connectivity index (χ0) is 26.1. The Hall–Kier alpha value is -4.17. The molecule has 5 rings (SSSR count). The molecule has 0 spiro atoms. The maximum atomic E-state index is 13.4. The van der Waals surface area contributed by atoms with Crippen LogP contribution in [0.3, 0.4) is 0 Å². The van der Waals surface area contributed by atoms with Crippen molar-refractivity contribution in [2.24, 2.45) is 0 Å². The van der Waals surface area contributed by atoms with E-state index in [-0.39, 0.29) is 24.7 Å². The van der Waals surface area contributed by atoms with Gasteiger partial charge in [-0.25, -0.2) is 0 Å². The molecule has 1 saturated heterocycles. The molecule has 2 aliphatic heterocycles. The van der Waals surface area contributed by atoms with Gasteiger partial charge >= 0.3 is 0 Å². The SMILES string of the molecule is CCOc1cc(/C(O)=C2\C(=O)C(=O)N(Cc3ccc4c(c3)OCO4)C2c2ccc(OC)cc2)ccc1Cl. The lowest BCUT2D eigenvalue weighted by Crippen LogP contribution is -2.29. The number of hydrogen-bond donors (Lipinski definition) is 1. The van der Waals surface area contributed by atoms with Crippen molar-refractivity contribution in [3.8, 4) is 23.0 Å². The summed E-state index contributed by atoms with van der Waals surface area (Å²) in [6.45, 7) is 2.42. The highest BCUT2D eigenvalue weighted by Crippen LogP contribution is 2.42. The van der Waals surface area contributed by atoms with Crippen LogP contribution in [0.25, 0.3) is 5.76 Å². The van der Waals surface area contributed by atoms with Crippen molar-refractivity contribution in [3.05, 3.63) is 87.9 Å². The van der Waals surface area contributed by atoms with Gasteiger partial charge in [0.25, 0.3) is 11.7 Å². The van der Waals surface area contributed by atoms with Gasteiger partial charge in [0, 0.05) is 12.1 Å². The number of ketones is 1. The second kappa shape index (κ2) is 10.1. The Morgan fingerprint density at radius 2 is 1.81 bits per heavy atom. The smallest absolute Gasteiger partial charge is 0.295 e. The number of aliphatic hydroxyl groups is 1. The molecule has 37 heavy (non-hydrogen) atoms. The second-order valence-corrected chi connectivity index (χ2v) is 8.87. The first-order chi connectivity index (χ1) is 17.9. The van der Waals surface area contributed by atoms with E-state index in [4.69, 9.17) is 30.5 Å². The molecule has 1 unspecified atom stereocenters. The predicted molar refractivity (Wildman–Crippen MR) is 136 cm³/mol. The zero-order valence-electron chi connectivity index (χ0n) is 20.2. The first-order valence-corrected chi connectivity index (χ1v) is 12.0. The highest BCUT2D eigenvalue weighted by molar-refractivity contribution is 6.46. The van der Waals surface area contributed by atoms with E-state index in [0.717, 1.165) is 5.56 Å². The molecule has 8 nitrogen and oxygen atoms in total. The molecule has 0 bridgehead atoms. The van der Waals surface area contributed by atoms with E-state index < -0.39 is 17.7 Å². The minimum absolute atomic E-state index is 0.0271. The number of methoxy groups -OCH3 is 1. The number of carbonyl (C=O) groups excluding carboxylic acids is 2. The Kier molecular flexibility index (Phi) is 6.67. The minimum Gasteiger partial charge on any atom is -0.507 e. The molecule has 2 aliphatic rings. The maximum Gasteiger partial charge on any atom is 0.295 e. The first kappa shape index (κ1) is 24.5. The van der Waals surface area contributed by atoms with E-state index in [2.05, 4.69) is 0 Å². The number of Topliss-reactive ketones (excluding diaryl/α,β-unsaturated/α-hetero) is 1. The number of halogens is 1. The van der Waals surface area contributed by atoms with Gasteiger partial charge in [-0.3, -0.25) is 9.59 Å². The summed E-state index contributed by atoms with van der Waals surface area (Å²) in [4.78, 5) is 28.1. The van der Waals surface area contributed by atoms with Gasteiger partial charge in [0.05, 0.1) is 30.4 Å². The molecule has 2 heterocycles. The van der Waals surface area contributed by atoms with Crippen molar-refractivity contribution in [2.45, 2.75) is 19.5 Å². The van der Waals surface area contributed by atoms with E-state index in [1.807, 2.05) is 13.0 Å². The fourth-order valence-electron chi connectivity index (χ4n) is 4.48. The van der Waals surface area contributed by atoms with Crippen molar-refractivity contribution in [3.63, 3.8) is 0 Å². The predicted octanol–water partition coefficient (Wildman–Crippen LogP) is 5.10. The molecule has 0 radical (unpaired) electrons. The third-order valence-electron chi connectivity index (χ3n) is 6.27. The van der Waals surface area contributed by atoms with Crippen molar-refractivity contribution in [1.82, 2.24) is 4.90 Å². The van der Waals surface area contributed by atoms with Crippen LogP contribution in [0.2, 0.25) is 5.02 Å². The summed E-state index contributed by atoms with van der Waals surface area (Å²) in [5, 5.41) is 11.7. The molecule has 0 aromatic heterocycles. The number of ether oxygens (including phenoxy) is 4. The fraction of sp³-hybridized carbons (Fsp3) is 0.214. The summed E-state index contributed by atoms with van der Waals surface area (Å²) in [6, 6.07) is 16.2. The van der Waals surface area contributed by atoms with Crippen LogP contribution >= 0.6 is 11.6 Å². The molecular weight excluding hydrogens is 498 g/mol. The number of fused-ring (bicyclic) bond motifs is 1. The number of benzene rings is 3. The Bertz CT molecular complexity index is 1400. The Balaban J connectivity index is 1.61. The van der Waals surface area contributed by atoms with Gasteiger partial charge in [-0.1, -0.05) is 29.8 Å². The quantitative estimate of drug-likeness (QED) is 0.262. The maximum absolute atomic E-state index is 13.4. The fourth-order valence-corrected chi connectivity index (χ4v) is 4.66. The molecule has 3 aromatic rings. The number of rotatable bonds is 7. The summed E-state index contributed by atoms with van der Waals surface area (Å²) in [5.74, 6) is 0.348. The molecule has 1 atom stereocenters. The van der Waals surface area contributed by atoms with Crippen LogP contribution in [-0.4, -0.2) is 42.2 Å². The van der Waals surface area contributed by atoms with Crippen molar-refractivity contribution in [1.29, 1.82) is 0 Å². The molecular formula is C28H24ClNO7. The largest absolute Gasteiger partial charge is 0.507 e. The number of aliphatic hydroxyl groups excluding tert-OH is 1. The molecule has 3 aromatic carbocycles. The van der Waals surface area contributed by atoms with Gasteiger partial charge in [-0.05, 0) is 60.5 Å². The lowest BCUT2D eigenvalue weighted by molar-refractivity contribution is -0.140. The van der Waals surface area contributed by atoms with Crippen LogP contribution in [0, 0.1) is 0 Å². The molecule has 1 amide bonds. The number of hydrogen-bond acceptors (Lipinski definition) is 7. The monoisotopic (exact) mass is 521 g/mol. The average Bonchev–Trinajstić information content (AvgIpc) is 3.48. The number of carbonyl (C=O) groups is 2. The summed E-state index contributed by atoms with van der Waals surface area (Å²) in [7, 11) is 1.55. The van der Waals surface area contributed by atoms with Crippen LogP contribution in [0.5, 0.6) is 23.0 Å². The molecule has 1 N–H and O–H groups in total.